The highest BCUT2D eigenvalue weighted by Gasteiger charge is 2.41. The molecule has 1 aliphatic carbocycles. The summed E-state index contributed by atoms with van der Waals surface area (Å²) in [6.45, 7) is 6.54. The monoisotopic (exact) mass is 463 g/mol. The van der Waals surface area contributed by atoms with Gasteiger partial charge in [0.15, 0.2) is 0 Å². The first-order chi connectivity index (χ1) is 15.6. The fraction of sp³-hybridized carbons (Fsp3) is 0.652. The average Bonchev–Trinajstić information content (AvgIpc) is 3.40. The molecule has 1 amide bonds. The Morgan fingerprint density at radius 2 is 2.00 bits per heavy atom. The lowest BCUT2D eigenvalue weighted by atomic mass is 9.87. The molecule has 2 aromatic heterocycles. The van der Waals surface area contributed by atoms with Crippen LogP contribution in [0, 0.1) is 5.92 Å². The van der Waals surface area contributed by atoms with E-state index in [9.17, 15) is 13.6 Å². The van der Waals surface area contributed by atoms with E-state index in [1.165, 1.54) is 0 Å². The summed E-state index contributed by atoms with van der Waals surface area (Å²) in [6.07, 6.45) is 5.14. The van der Waals surface area contributed by atoms with E-state index < -0.39 is 17.6 Å². The topological polar surface area (TPSA) is 82.4 Å². The van der Waals surface area contributed by atoms with E-state index in [2.05, 4.69) is 15.3 Å². The van der Waals surface area contributed by atoms with Crippen LogP contribution in [0.5, 0.6) is 0 Å². The van der Waals surface area contributed by atoms with Crippen LogP contribution >= 0.6 is 0 Å². The van der Waals surface area contributed by atoms with Crippen molar-refractivity contribution in [1.82, 2.24) is 24.9 Å². The van der Waals surface area contributed by atoms with Crippen molar-refractivity contribution in [2.45, 2.75) is 70.1 Å². The van der Waals surface area contributed by atoms with Gasteiger partial charge in [0.1, 0.15) is 11.3 Å². The summed E-state index contributed by atoms with van der Waals surface area (Å²) >= 11 is 0. The number of amides is 1. The lowest BCUT2D eigenvalue weighted by molar-refractivity contribution is -0.0648. The van der Waals surface area contributed by atoms with Crippen LogP contribution in [-0.2, 0) is 9.47 Å². The summed E-state index contributed by atoms with van der Waals surface area (Å²) in [6, 6.07) is 3.46. The molecule has 0 radical (unpaired) electrons. The third kappa shape index (κ3) is 6.04. The molecule has 0 spiro atoms. The quantitative estimate of drug-likeness (QED) is 0.656. The summed E-state index contributed by atoms with van der Waals surface area (Å²) in [7, 11) is 0. The Morgan fingerprint density at radius 3 is 2.67 bits per heavy atom. The number of ether oxygens (including phenoxy) is 2. The predicted octanol–water partition coefficient (Wildman–Crippen LogP) is 4.34. The van der Waals surface area contributed by atoms with Crippen LogP contribution in [0.15, 0.2) is 30.7 Å². The summed E-state index contributed by atoms with van der Waals surface area (Å²) in [5.41, 5.74) is 0.901. The van der Waals surface area contributed by atoms with Crippen LogP contribution in [0.3, 0.4) is 0 Å². The standard InChI is InChI=1S/C23H31F2N5O3/c1-22(2,3)33-21(31)29-13-19(30-12-18(27-28-30)17-5-4-10-26-11-17)20(14-29)32-15-16-6-8-23(24,25)9-7-16/h4-5,10-12,16,19-20H,6-9,13-15H2,1-3H3. The molecule has 1 saturated carbocycles. The summed E-state index contributed by atoms with van der Waals surface area (Å²) in [5.74, 6) is -2.48. The van der Waals surface area contributed by atoms with Gasteiger partial charge in [0.25, 0.3) is 0 Å². The molecule has 2 atom stereocenters. The maximum Gasteiger partial charge on any atom is 0.410 e. The molecule has 0 aromatic carbocycles. The van der Waals surface area contributed by atoms with Gasteiger partial charge in [-0.1, -0.05) is 5.21 Å². The molecule has 1 saturated heterocycles. The number of pyridine rings is 1. The Labute approximate surface area is 192 Å². The Kier molecular flexibility index (Phi) is 6.65. The van der Waals surface area contributed by atoms with E-state index in [0.717, 1.165) is 5.56 Å². The Balaban J connectivity index is 1.47. The number of rotatable bonds is 5. The highest BCUT2D eigenvalue weighted by molar-refractivity contribution is 5.68. The first kappa shape index (κ1) is 23.5. The van der Waals surface area contributed by atoms with E-state index in [0.29, 0.717) is 38.2 Å². The van der Waals surface area contributed by atoms with E-state index in [1.807, 2.05) is 39.1 Å². The van der Waals surface area contributed by atoms with Gasteiger partial charge < -0.3 is 14.4 Å². The fourth-order valence-corrected chi connectivity index (χ4v) is 4.26. The minimum Gasteiger partial charge on any atom is -0.444 e. The highest BCUT2D eigenvalue weighted by atomic mass is 19.3. The van der Waals surface area contributed by atoms with Gasteiger partial charge >= 0.3 is 6.09 Å². The SMILES string of the molecule is CC(C)(C)OC(=O)N1CC(OCC2CCC(F)(F)CC2)C(n2cc(-c3cccnc3)nn2)C1. The normalized spacial score (nSPS) is 23.6. The van der Waals surface area contributed by atoms with E-state index in [1.54, 1.807) is 22.0 Å². The number of halogens is 2. The van der Waals surface area contributed by atoms with Crippen LogP contribution in [-0.4, -0.2) is 68.3 Å². The Bertz CT molecular complexity index is 937. The second-order valence-corrected chi connectivity index (χ2v) is 9.95. The van der Waals surface area contributed by atoms with Crippen LogP contribution in [0.1, 0.15) is 52.5 Å². The van der Waals surface area contributed by atoms with E-state index in [4.69, 9.17) is 9.47 Å². The van der Waals surface area contributed by atoms with E-state index >= 15 is 0 Å². The maximum absolute atomic E-state index is 13.5. The number of hydrogen-bond acceptors (Lipinski definition) is 6. The van der Waals surface area contributed by atoms with Gasteiger partial charge in [-0.05, 0) is 51.7 Å². The average molecular weight is 464 g/mol. The van der Waals surface area contributed by atoms with Gasteiger partial charge in [-0.3, -0.25) is 4.98 Å². The number of carbonyl (C=O) groups excluding carboxylic acids is 1. The molecule has 1 aliphatic heterocycles. The van der Waals surface area contributed by atoms with Crippen LogP contribution in [0.2, 0.25) is 0 Å². The van der Waals surface area contributed by atoms with Crippen molar-refractivity contribution >= 4 is 6.09 Å². The Hall–Kier alpha value is -2.62. The van der Waals surface area contributed by atoms with Crippen molar-refractivity contribution in [1.29, 1.82) is 0 Å². The van der Waals surface area contributed by atoms with Gasteiger partial charge in [-0.15, -0.1) is 5.10 Å². The molecule has 0 N–H and O–H groups in total. The lowest BCUT2D eigenvalue weighted by Crippen LogP contribution is -2.36. The maximum atomic E-state index is 13.5. The highest BCUT2D eigenvalue weighted by Crippen LogP contribution is 2.37. The van der Waals surface area contributed by atoms with Crippen molar-refractivity contribution in [2.75, 3.05) is 19.7 Å². The van der Waals surface area contributed by atoms with E-state index in [-0.39, 0.29) is 30.9 Å². The van der Waals surface area contributed by atoms with Crippen molar-refractivity contribution < 1.29 is 23.0 Å². The molecule has 33 heavy (non-hydrogen) atoms. The van der Waals surface area contributed by atoms with Crippen molar-refractivity contribution in [3.63, 3.8) is 0 Å². The number of likely N-dealkylation sites (tertiary alicyclic amines) is 1. The molecule has 2 unspecified atom stereocenters. The second kappa shape index (κ2) is 9.32. The predicted molar refractivity (Wildman–Crippen MR) is 117 cm³/mol. The zero-order valence-electron chi connectivity index (χ0n) is 19.3. The minimum atomic E-state index is -2.57. The Morgan fingerprint density at radius 1 is 1.24 bits per heavy atom. The zero-order valence-corrected chi connectivity index (χ0v) is 19.3. The zero-order chi connectivity index (χ0) is 23.6. The van der Waals surface area contributed by atoms with Gasteiger partial charge in [0.05, 0.1) is 24.9 Å². The molecule has 3 heterocycles. The number of carbonyl (C=O) groups is 1. The van der Waals surface area contributed by atoms with Crippen molar-refractivity contribution in [2.24, 2.45) is 5.92 Å². The largest absolute Gasteiger partial charge is 0.444 e. The van der Waals surface area contributed by atoms with Gasteiger partial charge in [-0.2, -0.15) is 0 Å². The molecule has 8 nitrogen and oxygen atoms in total. The van der Waals surface area contributed by atoms with Crippen LogP contribution in [0.4, 0.5) is 13.6 Å². The molecule has 2 aliphatic rings. The number of alkyl halides is 2. The molecule has 4 rings (SSSR count). The van der Waals surface area contributed by atoms with Gasteiger partial charge in [0.2, 0.25) is 5.92 Å². The summed E-state index contributed by atoms with van der Waals surface area (Å²) < 4.78 is 40.5. The third-order valence-electron chi connectivity index (χ3n) is 6.08. The molecular weight excluding hydrogens is 432 g/mol. The van der Waals surface area contributed by atoms with Gasteiger partial charge in [-0.25, -0.2) is 18.3 Å². The smallest absolute Gasteiger partial charge is 0.410 e. The number of nitrogens with zero attached hydrogens (tertiary/aromatic N) is 5. The molecular formula is C23H31F2N5O3. The fourth-order valence-electron chi connectivity index (χ4n) is 4.26. The molecule has 10 heteroatoms. The molecule has 2 aromatic rings. The molecule has 2 fully saturated rings. The first-order valence-corrected chi connectivity index (χ1v) is 11.4. The molecule has 180 valence electrons. The summed E-state index contributed by atoms with van der Waals surface area (Å²) in [4.78, 5) is 18.4. The van der Waals surface area contributed by atoms with Crippen LogP contribution in [0.25, 0.3) is 11.3 Å². The summed E-state index contributed by atoms with van der Waals surface area (Å²) in [5, 5.41) is 8.55. The van der Waals surface area contributed by atoms with Gasteiger partial charge in [0, 0.05) is 44.0 Å². The lowest BCUT2D eigenvalue weighted by Gasteiger charge is -2.29. The van der Waals surface area contributed by atoms with Crippen molar-refractivity contribution in [3.05, 3.63) is 30.7 Å². The van der Waals surface area contributed by atoms with Crippen molar-refractivity contribution in [3.8, 4) is 11.3 Å². The van der Waals surface area contributed by atoms with Crippen LogP contribution < -0.4 is 0 Å². The number of aromatic nitrogens is 4. The first-order valence-electron chi connectivity index (χ1n) is 11.4. The minimum absolute atomic E-state index is 0.0857. The second-order valence-electron chi connectivity index (χ2n) is 9.95. The number of hydrogen-bond donors (Lipinski definition) is 0. The third-order valence-corrected chi connectivity index (χ3v) is 6.08. The molecule has 0 bridgehead atoms.